The van der Waals surface area contributed by atoms with Gasteiger partial charge in [0.2, 0.25) is 0 Å². The molecule has 0 heterocycles. The van der Waals surface area contributed by atoms with Crippen LogP contribution in [0.2, 0.25) is 0 Å². The van der Waals surface area contributed by atoms with Crippen molar-refractivity contribution >= 4 is 11.9 Å². The zero-order valence-electron chi connectivity index (χ0n) is 59.2. The van der Waals surface area contributed by atoms with Gasteiger partial charge in [-0.2, -0.15) is 0 Å². The average Bonchev–Trinajstić information content (AvgIpc) is 3.55. The summed E-state index contributed by atoms with van der Waals surface area (Å²) in [6.45, 7) is 4.07. The molecular formula is C84H148O5. The maximum atomic E-state index is 12.4. The van der Waals surface area contributed by atoms with Gasteiger partial charge < -0.3 is 14.6 Å². The van der Waals surface area contributed by atoms with Crippen molar-refractivity contribution in [1.82, 2.24) is 0 Å². The van der Waals surface area contributed by atoms with Crippen molar-refractivity contribution in [2.75, 3.05) is 13.2 Å². The Morgan fingerprint density at radius 1 is 0.270 bits per heavy atom. The number of aliphatic hydroxyl groups excluding tert-OH is 1. The molecule has 0 fully saturated rings. The number of rotatable bonds is 72. The fourth-order valence-electron chi connectivity index (χ4n) is 11.6. The van der Waals surface area contributed by atoms with E-state index in [1.807, 2.05) is 0 Å². The fraction of sp³-hybridized carbons (Fsp3) is 0.762. The number of hydrogen-bond acceptors (Lipinski definition) is 5. The van der Waals surface area contributed by atoms with E-state index >= 15 is 0 Å². The number of ether oxygens (including phenoxy) is 2. The van der Waals surface area contributed by atoms with Gasteiger partial charge in [0.25, 0.3) is 0 Å². The molecule has 0 rings (SSSR count). The van der Waals surface area contributed by atoms with Crippen molar-refractivity contribution in [3.63, 3.8) is 0 Å². The molecular weight excluding hydrogens is 1090 g/mol. The first-order valence-electron chi connectivity index (χ1n) is 38.9. The summed E-state index contributed by atoms with van der Waals surface area (Å²) >= 11 is 0. The molecule has 0 saturated heterocycles. The first kappa shape index (κ1) is 85.6. The molecule has 0 radical (unpaired) electrons. The van der Waals surface area contributed by atoms with Crippen LogP contribution in [-0.2, 0) is 19.1 Å². The molecule has 1 atom stereocenters. The van der Waals surface area contributed by atoms with Gasteiger partial charge in [0, 0.05) is 12.8 Å². The highest BCUT2D eigenvalue weighted by Crippen LogP contribution is 2.19. The summed E-state index contributed by atoms with van der Waals surface area (Å²) < 4.78 is 10.8. The molecule has 0 aliphatic heterocycles. The molecule has 0 aromatic rings. The summed E-state index contributed by atoms with van der Waals surface area (Å²) in [6.07, 6.45) is 114. The van der Waals surface area contributed by atoms with Crippen molar-refractivity contribution in [2.24, 2.45) is 0 Å². The van der Waals surface area contributed by atoms with Crippen LogP contribution in [0.4, 0.5) is 0 Å². The lowest BCUT2D eigenvalue weighted by Gasteiger charge is -2.15. The number of unbranched alkanes of at least 4 members (excludes halogenated alkanes) is 46. The molecule has 0 aliphatic carbocycles. The molecule has 0 aromatic carbocycles. The van der Waals surface area contributed by atoms with Crippen molar-refractivity contribution in [1.29, 1.82) is 0 Å². The minimum Gasteiger partial charge on any atom is -0.462 e. The van der Waals surface area contributed by atoms with Crippen LogP contribution in [0.15, 0.2) is 109 Å². The standard InChI is InChI=1S/C84H148O5/c1-3-5-7-9-11-13-15-17-19-21-23-25-27-29-31-33-35-37-39-41-42-43-45-47-49-51-53-55-57-59-61-63-65-67-69-71-73-75-77-79-84(87)89-82(80-85)81-88-83(86)78-76-74-72-70-68-66-64-62-60-58-56-54-52-50-48-46-44-40-38-36-34-32-30-28-26-24-22-20-18-16-14-12-10-8-6-4-2/h5,7,11,13,17,19,23,25,29,31,35,37,41-42,45,47,51,53,82,85H,3-4,6,8-10,12,14-16,18,20-22,24,26-28,30,32-34,36,38-40,43-44,46,48-50,52,54-81H2,1-2H3/b7-5-,13-11-,19-17-,25-23-,31-29-,37-35-,42-41-,47-45-,53-51-. The van der Waals surface area contributed by atoms with E-state index in [0.29, 0.717) is 12.8 Å². The van der Waals surface area contributed by atoms with Gasteiger partial charge >= 0.3 is 11.9 Å². The maximum absolute atomic E-state index is 12.4. The number of hydrogen-bond donors (Lipinski definition) is 1. The van der Waals surface area contributed by atoms with Gasteiger partial charge in [-0.05, 0) is 83.5 Å². The fourth-order valence-corrected chi connectivity index (χ4v) is 11.6. The SMILES string of the molecule is CC/C=C\C/C=C\C/C=C\C/C=C\C/C=C\C/C=C\C/C=C\C/C=C\C/C=C\CCCCCCCCCCCCCC(=O)OC(CO)COC(=O)CCCCCCCCCCCCCCCCCCCCCCCCCCCCCCCCCCCCCC. The Kier molecular flexibility index (Phi) is 75.8. The normalized spacial score (nSPS) is 12.8. The highest BCUT2D eigenvalue weighted by atomic mass is 16.6. The van der Waals surface area contributed by atoms with Gasteiger partial charge in [-0.15, -0.1) is 0 Å². The van der Waals surface area contributed by atoms with Crippen molar-refractivity contribution < 1.29 is 24.2 Å². The second-order valence-electron chi connectivity index (χ2n) is 26.1. The van der Waals surface area contributed by atoms with E-state index < -0.39 is 6.10 Å². The van der Waals surface area contributed by atoms with Gasteiger partial charge in [-0.1, -0.05) is 406 Å². The molecule has 0 saturated carbocycles. The molecule has 0 aliphatic rings. The number of aliphatic hydroxyl groups is 1. The van der Waals surface area contributed by atoms with Gasteiger partial charge in [0.15, 0.2) is 6.10 Å². The van der Waals surface area contributed by atoms with Crippen LogP contribution in [0.1, 0.15) is 393 Å². The van der Waals surface area contributed by atoms with Crippen molar-refractivity contribution in [2.45, 2.75) is 399 Å². The molecule has 5 heteroatoms. The third kappa shape index (κ3) is 76.9. The quantitative estimate of drug-likeness (QED) is 0.0373. The molecule has 0 amide bonds. The molecule has 0 spiro atoms. The minimum absolute atomic E-state index is 0.0670. The third-order valence-corrected chi connectivity index (χ3v) is 17.3. The molecule has 5 nitrogen and oxygen atoms in total. The molecule has 1 unspecified atom stereocenters. The lowest BCUT2D eigenvalue weighted by molar-refractivity contribution is -0.161. The summed E-state index contributed by atoms with van der Waals surface area (Å²) in [5.74, 6) is -0.580. The van der Waals surface area contributed by atoms with E-state index in [4.69, 9.17) is 9.47 Å². The largest absolute Gasteiger partial charge is 0.462 e. The molecule has 89 heavy (non-hydrogen) atoms. The van der Waals surface area contributed by atoms with Crippen LogP contribution in [0.5, 0.6) is 0 Å². The van der Waals surface area contributed by atoms with Crippen LogP contribution in [-0.4, -0.2) is 36.4 Å². The van der Waals surface area contributed by atoms with E-state index in [2.05, 4.69) is 123 Å². The Bertz CT molecular complexity index is 1690. The zero-order chi connectivity index (χ0) is 64.0. The van der Waals surface area contributed by atoms with E-state index in [9.17, 15) is 14.7 Å². The highest BCUT2D eigenvalue weighted by molar-refractivity contribution is 5.70. The summed E-state index contributed by atoms with van der Waals surface area (Å²) in [6, 6.07) is 0. The van der Waals surface area contributed by atoms with Crippen LogP contribution >= 0.6 is 0 Å². The van der Waals surface area contributed by atoms with Gasteiger partial charge in [0.05, 0.1) is 6.61 Å². The van der Waals surface area contributed by atoms with E-state index in [0.717, 1.165) is 96.3 Å². The van der Waals surface area contributed by atoms with E-state index in [1.165, 1.54) is 270 Å². The number of carbonyl (C=O) groups excluding carboxylic acids is 2. The molecule has 0 aromatic heterocycles. The minimum atomic E-state index is -0.780. The first-order chi connectivity index (χ1) is 44.1. The van der Waals surface area contributed by atoms with Crippen LogP contribution in [0.3, 0.4) is 0 Å². The Morgan fingerprint density at radius 3 is 0.730 bits per heavy atom. The summed E-state index contributed by atoms with van der Waals surface area (Å²) in [4.78, 5) is 24.7. The highest BCUT2D eigenvalue weighted by Gasteiger charge is 2.16. The number of carbonyl (C=O) groups is 2. The Morgan fingerprint density at radius 2 is 0.483 bits per heavy atom. The van der Waals surface area contributed by atoms with E-state index in [1.54, 1.807) is 0 Å². The maximum Gasteiger partial charge on any atom is 0.306 e. The first-order valence-corrected chi connectivity index (χ1v) is 38.9. The summed E-state index contributed by atoms with van der Waals surface area (Å²) in [5, 5.41) is 9.72. The second kappa shape index (κ2) is 78.8. The number of esters is 2. The van der Waals surface area contributed by atoms with Gasteiger partial charge in [-0.3, -0.25) is 9.59 Å². The Balaban J connectivity index is 3.46. The lowest BCUT2D eigenvalue weighted by atomic mass is 10.0. The van der Waals surface area contributed by atoms with E-state index in [-0.39, 0.29) is 25.2 Å². The molecule has 514 valence electrons. The Hall–Kier alpha value is -3.44. The van der Waals surface area contributed by atoms with Crippen molar-refractivity contribution in [3.05, 3.63) is 109 Å². The van der Waals surface area contributed by atoms with Gasteiger partial charge in [-0.25, -0.2) is 0 Å². The summed E-state index contributed by atoms with van der Waals surface area (Å²) in [7, 11) is 0. The zero-order valence-corrected chi connectivity index (χ0v) is 59.2. The number of allylic oxidation sites excluding steroid dienone is 18. The molecule has 0 bridgehead atoms. The lowest BCUT2D eigenvalue weighted by Crippen LogP contribution is -2.28. The third-order valence-electron chi connectivity index (χ3n) is 17.3. The second-order valence-corrected chi connectivity index (χ2v) is 26.1. The van der Waals surface area contributed by atoms with Crippen molar-refractivity contribution in [3.8, 4) is 0 Å². The predicted molar refractivity (Wildman–Crippen MR) is 394 cm³/mol. The average molecular weight is 1240 g/mol. The van der Waals surface area contributed by atoms with Crippen LogP contribution < -0.4 is 0 Å². The van der Waals surface area contributed by atoms with Gasteiger partial charge in [0.1, 0.15) is 6.61 Å². The van der Waals surface area contributed by atoms with Crippen LogP contribution in [0.25, 0.3) is 0 Å². The summed E-state index contributed by atoms with van der Waals surface area (Å²) in [5.41, 5.74) is 0. The smallest absolute Gasteiger partial charge is 0.306 e. The monoisotopic (exact) mass is 1240 g/mol. The van der Waals surface area contributed by atoms with Crippen LogP contribution in [0, 0.1) is 0 Å². The Labute approximate surface area is 554 Å². The predicted octanol–water partition coefficient (Wildman–Crippen LogP) is 27.5. The topological polar surface area (TPSA) is 72.8 Å². The molecule has 1 N–H and O–H groups in total.